The van der Waals surface area contributed by atoms with Gasteiger partial charge in [0.25, 0.3) is 0 Å². The molecule has 0 N–H and O–H groups in total. The molecule has 0 fully saturated rings. The third kappa shape index (κ3) is 5.07. The van der Waals surface area contributed by atoms with Gasteiger partial charge in [-0.2, -0.15) is 0 Å². The van der Waals surface area contributed by atoms with Crippen molar-refractivity contribution in [3.63, 3.8) is 0 Å². The molecule has 4 nitrogen and oxygen atoms in total. The summed E-state index contributed by atoms with van der Waals surface area (Å²) in [4.78, 5) is 0. The fraction of sp³-hybridized carbons (Fsp3) is 0.222. The van der Waals surface area contributed by atoms with Crippen LogP contribution in [0.1, 0.15) is 17.0 Å². The third-order valence-electron chi connectivity index (χ3n) is 3.99. The molecule has 1 heterocycles. The summed E-state index contributed by atoms with van der Waals surface area (Å²) >= 11 is 19.6. The van der Waals surface area contributed by atoms with Crippen LogP contribution >= 0.6 is 46.6 Å². The lowest BCUT2D eigenvalue weighted by atomic mass is 10.2. The van der Waals surface area contributed by atoms with Crippen LogP contribution in [0.25, 0.3) is 0 Å². The molecule has 0 aliphatic rings. The topological polar surface area (TPSA) is 47.8 Å². The highest BCUT2D eigenvalue weighted by Gasteiger charge is 2.16. The molecule has 10 heteroatoms. The Bertz CT molecular complexity index is 989. The Balaban J connectivity index is 1.67. The van der Waals surface area contributed by atoms with Crippen molar-refractivity contribution in [3.8, 4) is 0 Å². The summed E-state index contributed by atoms with van der Waals surface area (Å²) < 4.78 is 28.2. The van der Waals surface area contributed by atoms with Crippen LogP contribution in [0.4, 0.5) is 4.39 Å². The van der Waals surface area contributed by atoms with Gasteiger partial charge in [0.05, 0.1) is 11.5 Å². The van der Waals surface area contributed by atoms with E-state index < -0.39 is 10.8 Å². The second-order valence-corrected chi connectivity index (χ2v) is 9.50. The van der Waals surface area contributed by atoms with E-state index in [1.165, 1.54) is 17.8 Å². The van der Waals surface area contributed by atoms with Crippen molar-refractivity contribution in [1.29, 1.82) is 0 Å². The highest BCUT2D eigenvalue weighted by molar-refractivity contribution is 7.98. The van der Waals surface area contributed by atoms with Crippen LogP contribution in [0.3, 0.4) is 0 Å². The van der Waals surface area contributed by atoms with Crippen LogP contribution in [0.2, 0.25) is 15.1 Å². The van der Waals surface area contributed by atoms with E-state index in [1.807, 2.05) is 0 Å². The van der Waals surface area contributed by atoms with Crippen molar-refractivity contribution in [2.75, 3.05) is 0 Å². The molecular weight excluding hydrogens is 464 g/mol. The van der Waals surface area contributed by atoms with E-state index >= 15 is 0 Å². The first-order chi connectivity index (χ1) is 13.4. The van der Waals surface area contributed by atoms with Gasteiger partial charge in [-0.3, -0.25) is 4.21 Å². The minimum atomic E-state index is -1.27. The van der Waals surface area contributed by atoms with Crippen LogP contribution in [0.5, 0.6) is 0 Å². The quantitative estimate of drug-likeness (QED) is 0.411. The van der Waals surface area contributed by atoms with Crippen molar-refractivity contribution in [2.24, 2.45) is 7.05 Å². The maximum atomic E-state index is 13.9. The smallest absolute Gasteiger partial charge is 0.191 e. The predicted octanol–water partition coefficient (Wildman–Crippen LogP) is 5.66. The second kappa shape index (κ2) is 9.59. The number of aromatic nitrogens is 3. The van der Waals surface area contributed by atoms with E-state index in [1.54, 1.807) is 41.9 Å². The van der Waals surface area contributed by atoms with Gasteiger partial charge >= 0.3 is 0 Å². The largest absolute Gasteiger partial charge is 0.308 e. The molecular formula is C18H15Cl3FN3OS2. The van der Waals surface area contributed by atoms with Crippen molar-refractivity contribution >= 4 is 57.4 Å². The number of rotatable bonds is 7. The highest BCUT2D eigenvalue weighted by Crippen LogP contribution is 2.29. The van der Waals surface area contributed by atoms with Gasteiger partial charge in [-0.25, -0.2) is 4.39 Å². The van der Waals surface area contributed by atoms with Crippen LogP contribution in [0, 0.1) is 5.82 Å². The van der Waals surface area contributed by atoms with Crippen molar-refractivity contribution < 1.29 is 8.60 Å². The molecule has 1 aromatic heterocycles. The fourth-order valence-corrected chi connectivity index (χ4v) is 5.67. The van der Waals surface area contributed by atoms with E-state index in [2.05, 4.69) is 10.2 Å². The van der Waals surface area contributed by atoms with Crippen molar-refractivity contribution in [1.82, 2.24) is 14.8 Å². The average molecular weight is 479 g/mol. The Morgan fingerprint density at radius 3 is 2.25 bits per heavy atom. The Labute approximate surface area is 183 Å². The summed E-state index contributed by atoms with van der Waals surface area (Å²) in [5.41, 5.74) is 1.06. The molecule has 0 bridgehead atoms. The lowest BCUT2D eigenvalue weighted by molar-refractivity contribution is 0.617. The van der Waals surface area contributed by atoms with Crippen LogP contribution in [-0.4, -0.2) is 19.0 Å². The first kappa shape index (κ1) is 21.6. The van der Waals surface area contributed by atoms with Gasteiger partial charge in [-0.15, -0.1) is 10.2 Å². The lowest BCUT2D eigenvalue weighted by Crippen LogP contribution is -2.06. The maximum absolute atomic E-state index is 13.9. The Hall–Kier alpha value is -1.12. The second-order valence-electron chi connectivity index (χ2n) is 5.88. The van der Waals surface area contributed by atoms with Crippen LogP contribution in [0.15, 0.2) is 41.6 Å². The molecule has 3 aromatic rings. The van der Waals surface area contributed by atoms with Gasteiger partial charge in [0.15, 0.2) is 5.16 Å². The molecule has 0 saturated carbocycles. The Morgan fingerprint density at radius 1 is 1.00 bits per heavy atom. The first-order valence-corrected chi connectivity index (χ1v) is 11.7. The molecule has 0 saturated heterocycles. The zero-order chi connectivity index (χ0) is 20.3. The number of hydrogen-bond donors (Lipinski definition) is 0. The van der Waals surface area contributed by atoms with Crippen molar-refractivity contribution in [2.45, 2.75) is 22.4 Å². The number of thioether (sulfide) groups is 1. The van der Waals surface area contributed by atoms with Gasteiger partial charge in [0, 0.05) is 49.8 Å². The summed E-state index contributed by atoms with van der Waals surface area (Å²) in [5.74, 6) is 0.935. The molecule has 0 spiro atoms. The number of hydrogen-bond acceptors (Lipinski definition) is 4. The van der Waals surface area contributed by atoms with Gasteiger partial charge in [-0.05, 0) is 24.3 Å². The van der Waals surface area contributed by atoms with E-state index in [4.69, 9.17) is 34.8 Å². The molecule has 0 amide bonds. The molecule has 3 rings (SSSR count). The molecule has 0 radical (unpaired) electrons. The van der Waals surface area contributed by atoms with E-state index in [0.717, 1.165) is 0 Å². The minimum Gasteiger partial charge on any atom is -0.308 e. The fourth-order valence-electron chi connectivity index (χ4n) is 2.43. The van der Waals surface area contributed by atoms with Crippen LogP contribution < -0.4 is 0 Å². The molecule has 148 valence electrons. The zero-order valence-electron chi connectivity index (χ0n) is 14.7. The average Bonchev–Trinajstić information content (AvgIpc) is 2.98. The maximum Gasteiger partial charge on any atom is 0.191 e. The van der Waals surface area contributed by atoms with E-state index in [-0.39, 0.29) is 17.3 Å². The predicted molar refractivity (Wildman–Crippen MR) is 114 cm³/mol. The summed E-state index contributed by atoms with van der Waals surface area (Å²) in [6, 6.07) is 9.74. The van der Waals surface area contributed by atoms with E-state index in [9.17, 15) is 8.60 Å². The third-order valence-corrected chi connectivity index (χ3v) is 7.29. The van der Waals surface area contributed by atoms with Gasteiger partial charge in [0.2, 0.25) is 0 Å². The lowest BCUT2D eigenvalue weighted by Gasteiger charge is -2.08. The summed E-state index contributed by atoms with van der Waals surface area (Å²) in [6.45, 7) is 0. The molecule has 2 aromatic carbocycles. The first-order valence-electron chi connectivity index (χ1n) is 8.08. The summed E-state index contributed by atoms with van der Waals surface area (Å²) in [7, 11) is 0.509. The van der Waals surface area contributed by atoms with Gasteiger partial charge in [-0.1, -0.05) is 58.7 Å². The Morgan fingerprint density at radius 2 is 1.61 bits per heavy atom. The molecule has 0 unspecified atom stereocenters. The summed E-state index contributed by atoms with van der Waals surface area (Å²) in [5, 5.41) is 10.1. The molecule has 1 atom stereocenters. The van der Waals surface area contributed by atoms with Crippen molar-refractivity contribution in [3.05, 3.63) is 74.2 Å². The minimum absolute atomic E-state index is 0.200. The van der Waals surface area contributed by atoms with Gasteiger partial charge in [0.1, 0.15) is 11.6 Å². The SMILES string of the molecule is Cn1c(C[S@@](=O)Cc2c(Cl)cccc2Cl)nnc1SCc1c(F)cccc1Cl. The number of halogens is 4. The zero-order valence-corrected chi connectivity index (χ0v) is 18.6. The normalized spacial score (nSPS) is 12.3. The monoisotopic (exact) mass is 477 g/mol. The van der Waals surface area contributed by atoms with E-state index in [0.29, 0.717) is 42.9 Å². The summed E-state index contributed by atoms with van der Waals surface area (Å²) in [6.07, 6.45) is 0. The number of nitrogens with zero attached hydrogens (tertiary/aromatic N) is 3. The molecule has 0 aliphatic carbocycles. The Kier molecular flexibility index (Phi) is 7.39. The van der Waals surface area contributed by atoms with Crippen LogP contribution in [-0.2, 0) is 35.1 Å². The van der Waals surface area contributed by atoms with Gasteiger partial charge < -0.3 is 4.57 Å². The standard InChI is InChI=1S/C18H15Cl3FN3OS2/c1-25-17(10-28(26)9-12-14(20)4-2-5-15(12)21)23-24-18(25)27-8-11-13(19)6-3-7-16(11)22/h2-7H,8-10H2,1H3/t28-/m0/s1. The molecule has 28 heavy (non-hydrogen) atoms. The number of benzene rings is 2. The highest BCUT2D eigenvalue weighted by atomic mass is 35.5. The molecule has 0 aliphatic heterocycles.